The molecule has 158 valence electrons. The largest absolute Gasteiger partial charge is 0.481 e. The minimum Gasteiger partial charge on any atom is -0.481 e. The van der Waals surface area contributed by atoms with E-state index in [4.69, 9.17) is 0 Å². The number of hydrogen-bond acceptors (Lipinski definition) is 5. The van der Waals surface area contributed by atoms with Crippen molar-refractivity contribution in [1.29, 1.82) is 0 Å². The highest BCUT2D eigenvalue weighted by molar-refractivity contribution is 7.99. The van der Waals surface area contributed by atoms with Crippen molar-refractivity contribution >= 4 is 41.1 Å². The van der Waals surface area contributed by atoms with Crippen molar-refractivity contribution < 1.29 is 24.3 Å². The number of aliphatic carboxylic acids is 1. The van der Waals surface area contributed by atoms with Crippen LogP contribution in [0.1, 0.15) is 33.6 Å². The Bertz CT molecular complexity index is 1040. The minimum atomic E-state index is -0.968. The summed E-state index contributed by atoms with van der Waals surface area (Å²) in [5.74, 6) is -3.03. The highest BCUT2D eigenvalue weighted by Crippen LogP contribution is 2.29. The second-order valence-electron chi connectivity index (χ2n) is 7.37. The Balaban J connectivity index is 1.35. The number of allylic oxidation sites excluding steroid dienone is 2. The zero-order chi connectivity index (χ0) is 22.0. The molecule has 0 fully saturated rings. The average molecular weight is 436 g/mol. The Morgan fingerprint density at radius 3 is 2.10 bits per heavy atom. The number of carboxylic acids is 1. The molecule has 1 aliphatic carbocycles. The lowest BCUT2D eigenvalue weighted by atomic mass is 9.82. The molecule has 7 nitrogen and oxygen atoms in total. The molecule has 2 atom stereocenters. The topological polar surface area (TPSA) is 104 Å². The molecule has 0 aromatic heterocycles. The smallest absolute Gasteiger partial charge is 0.307 e. The number of nitrogens with zero attached hydrogens (tertiary/aromatic N) is 1. The van der Waals surface area contributed by atoms with Crippen LogP contribution in [0.2, 0.25) is 0 Å². The maximum Gasteiger partial charge on any atom is 0.307 e. The number of amides is 3. The maximum atomic E-state index is 12.6. The number of thioether (sulfide) groups is 1. The van der Waals surface area contributed by atoms with Gasteiger partial charge in [0.25, 0.3) is 11.8 Å². The third-order valence-electron chi connectivity index (χ3n) is 5.45. The van der Waals surface area contributed by atoms with E-state index in [1.54, 1.807) is 54.6 Å². The molecule has 4 rings (SSSR count). The lowest BCUT2D eigenvalue weighted by Gasteiger charge is -2.24. The van der Waals surface area contributed by atoms with Crippen LogP contribution in [0.4, 0.5) is 5.69 Å². The van der Waals surface area contributed by atoms with Crippen LogP contribution in [-0.4, -0.2) is 39.6 Å². The predicted octanol–water partition coefficient (Wildman–Crippen LogP) is 3.64. The first-order valence-electron chi connectivity index (χ1n) is 9.82. The molecule has 31 heavy (non-hydrogen) atoms. The van der Waals surface area contributed by atoms with Crippen molar-refractivity contribution in [1.82, 2.24) is 4.90 Å². The van der Waals surface area contributed by atoms with E-state index < -0.39 is 17.8 Å². The summed E-state index contributed by atoms with van der Waals surface area (Å²) in [6.45, 7) is 0. The molecule has 0 bridgehead atoms. The van der Waals surface area contributed by atoms with Gasteiger partial charge in [-0.15, -0.1) is 11.8 Å². The van der Waals surface area contributed by atoms with Gasteiger partial charge in [-0.05, 0) is 49.2 Å². The van der Waals surface area contributed by atoms with E-state index in [-0.39, 0.29) is 23.6 Å². The summed E-state index contributed by atoms with van der Waals surface area (Å²) in [5.41, 5.74) is 1.40. The molecule has 0 spiro atoms. The number of benzene rings is 2. The number of nitrogens with one attached hydrogen (secondary N) is 1. The summed E-state index contributed by atoms with van der Waals surface area (Å²) in [6, 6.07) is 13.8. The van der Waals surface area contributed by atoms with Gasteiger partial charge in [0.2, 0.25) is 5.91 Å². The number of carbonyl (C=O) groups is 4. The van der Waals surface area contributed by atoms with Crippen LogP contribution in [0.25, 0.3) is 0 Å². The summed E-state index contributed by atoms with van der Waals surface area (Å²) in [7, 11) is 0. The van der Waals surface area contributed by atoms with E-state index in [1.807, 2.05) is 6.08 Å². The predicted molar refractivity (Wildman–Crippen MR) is 116 cm³/mol. The first kappa shape index (κ1) is 20.9. The monoisotopic (exact) mass is 436 g/mol. The Morgan fingerprint density at radius 2 is 1.52 bits per heavy atom. The van der Waals surface area contributed by atoms with Gasteiger partial charge in [0.15, 0.2) is 0 Å². The van der Waals surface area contributed by atoms with Crippen molar-refractivity contribution in [3.8, 4) is 0 Å². The molecule has 0 saturated carbocycles. The number of carboxylic acid groups (broad SMARTS) is 1. The second-order valence-corrected chi connectivity index (χ2v) is 8.38. The van der Waals surface area contributed by atoms with E-state index in [1.165, 1.54) is 16.7 Å². The van der Waals surface area contributed by atoms with E-state index in [0.717, 1.165) is 4.90 Å². The maximum absolute atomic E-state index is 12.6. The van der Waals surface area contributed by atoms with Crippen LogP contribution < -0.4 is 5.32 Å². The normalized spacial score (nSPS) is 19.9. The Morgan fingerprint density at radius 1 is 0.935 bits per heavy atom. The summed E-state index contributed by atoms with van der Waals surface area (Å²) >= 11 is 1.34. The van der Waals surface area contributed by atoms with Gasteiger partial charge >= 0.3 is 5.97 Å². The lowest BCUT2D eigenvalue weighted by Crippen LogP contribution is -2.34. The quantitative estimate of drug-likeness (QED) is 0.407. The van der Waals surface area contributed by atoms with Crippen LogP contribution in [0.15, 0.2) is 65.6 Å². The summed E-state index contributed by atoms with van der Waals surface area (Å²) in [5, 5.41) is 12.1. The van der Waals surface area contributed by atoms with Crippen molar-refractivity contribution in [3.63, 3.8) is 0 Å². The molecule has 0 saturated heterocycles. The molecular weight excluding hydrogens is 416 g/mol. The van der Waals surface area contributed by atoms with Crippen molar-refractivity contribution in [2.75, 3.05) is 11.2 Å². The SMILES string of the molecule is O=C(O)C1CC=CCC1C(=O)Nc1ccc(SCN2C(=O)c3ccccc3C2=O)cc1. The number of hydrogen-bond donors (Lipinski definition) is 2. The van der Waals surface area contributed by atoms with Crippen LogP contribution in [-0.2, 0) is 9.59 Å². The van der Waals surface area contributed by atoms with E-state index in [0.29, 0.717) is 29.7 Å². The van der Waals surface area contributed by atoms with Gasteiger partial charge < -0.3 is 10.4 Å². The summed E-state index contributed by atoms with van der Waals surface area (Å²) < 4.78 is 0. The number of fused-ring (bicyclic) bond motifs is 1. The molecule has 2 aliphatic rings. The van der Waals surface area contributed by atoms with E-state index in [9.17, 15) is 24.3 Å². The third kappa shape index (κ3) is 4.25. The molecule has 8 heteroatoms. The fourth-order valence-electron chi connectivity index (χ4n) is 3.74. The fraction of sp³-hybridized carbons (Fsp3) is 0.217. The standard InChI is InChI=1S/C23H20N2O5S/c26-20(16-5-1-4-8-19(16)23(29)30)24-14-9-11-15(12-10-14)31-13-25-21(27)17-6-2-3-7-18(17)22(25)28/h1-4,6-7,9-12,16,19H,5,8,13H2,(H,24,26)(H,29,30). The molecule has 1 aliphatic heterocycles. The third-order valence-corrected chi connectivity index (χ3v) is 6.44. The minimum absolute atomic E-state index is 0.187. The van der Waals surface area contributed by atoms with Gasteiger partial charge in [-0.2, -0.15) is 0 Å². The lowest BCUT2D eigenvalue weighted by molar-refractivity contribution is -0.146. The number of anilines is 1. The van der Waals surface area contributed by atoms with Gasteiger partial charge in [0.05, 0.1) is 28.8 Å². The molecule has 2 aromatic carbocycles. The summed E-state index contributed by atoms with van der Waals surface area (Å²) in [4.78, 5) is 50.8. The average Bonchev–Trinajstić information content (AvgIpc) is 3.03. The zero-order valence-corrected chi connectivity index (χ0v) is 17.3. The molecule has 2 aromatic rings. The van der Waals surface area contributed by atoms with Gasteiger partial charge in [0.1, 0.15) is 0 Å². The first-order chi connectivity index (χ1) is 15.0. The van der Waals surface area contributed by atoms with Crippen LogP contribution in [0.5, 0.6) is 0 Å². The van der Waals surface area contributed by atoms with E-state index in [2.05, 4.69) is 5.32 Å². The molecule has 2 unspecified atom stereocenters. The van der Waals surface area contributed by atoms with Crippen molar-refractivity contribution in [2.24, 2.45) is 11.8 Å². The Labute approximate surface area is 183 Å². The fourth-order valence-corrected chi connectivity index (χ4v) is 4.58. The van der Waals surface area contributed by atoms with Crippen molar-refractivity contribution in [3.05, 3.63) is 71.8 Å². The highest BCUT2D eigenvalue weighted by atomic mass is 32.2. The van der Waals surface area contributed by atoms with Crippen LogP contribution in [0.3, 0.4) is 0 Å². The van der Waals surface area contributed by atoms with Gasteiger partial charge in [-0.3, -0.25) is 24.1 Å². The Kier molecular flexibility index (Phi) is 5.90. The van der Waals surface area contributed by atoms with Gasteiger partial charge in [0, 0.05) is 10.6 Å². The molecule has 0 radical (unpaired) electrons. The number of rotatable bonds is 6. The van der Waals surface area contributed by atoms with Gasteiger partial charge in [-0.1, -0.05) is 24.3 Å². The van der Waals surface area contributed by atoms with Crippen LogP contribution in [0, 0.1) is 11.8 Å². The van der Waals surface area contributed by atoms with E-state index >= 15 is 0 Å². The molecular formula is C23H20N2O5S. The summed E-state index contributed by atoms with van der Waals surface area (Å²) in [6.07, 6.45) is 4.38. The number of carbonyl (C=O) groups excluding carboxylic acids is 3. The van der Waals surface area contributed by atoms with Gasteiger partial charge in [-0.25, -0.2) is 0 Å². The molecule has 1 heterocycles. The highest BCUT2D eigenvalue weighted by Gasteiger charge is 2.35. The second kappa shape index (κ2) is 8.77. The number of imide groups is 1. The van der Waals surface area contributed by atoms with Crippen molar-refractivity contribution in [2.45, 2.75) is 17.7 Å². The Hall–Kier alpha value is -3.39. The first-order valence-corrected chi connectivity index (χ1v) is 10.8. The van der Waals surface area contributed by atoms with Crippen LogP contribution >= 0.6 is 11.8 Å². The molecule has 2 N–H and O–H groups in total. The zero-order valence-electron chi connectivity index (χ0n) is 16.5. The molecule has 3 amide bonds.